The van der Waals surface area contributed by atoms with E-state index in [1.165, 1.54) is 38.5 Å². The number of thiophene rings is 1. The topological polar surface area (TPSA) is 12.0 Å². The van der Waals surface area contributed by atoms with Gasteiger partial charge in [0.1, 0.15) is 0 Å². The average Bonchev–Trinajstić information content (AvgIpc) is 2.59. The van der Waals surface area contributed by atoms with Gasteiger partial charge in [0.25, 0.3) is 0 Å². The van der Waals surface area contributed by atoms with Crippen LogP contribution in [-0.4, -0.2) is 6.54 Å². The number of rotatable bonds is 4. The second-order valence-corrected chi connectivity index (χ2v) is 8.08. The Morgan fingerprint density at radius 3 is 2.63 bits per heavy atom. The molecule has 2 rings (SSSR count). The van der Waals surface area contributed by atoms with Crippen molar-refractivity contribution in [2.75, 3.05) is 6.54 Å². The van der Waals surface area contributed by atoms with E-state index in [2.05, 4.69) is 50.4 Å². The second kappa shape index (κ2) is 6.41. The second-order valence-electron chi connectivity index (χ2n) is 6.91. The first-order chi connectivity index (χ1) is 9.02. The predicted octanol–water partition coefficient (Wildman–Crippen LogP) is 5.10. The molecule has 0 saturated heterocycles. The fraction of sp³-hybridized carbons (Fsp3) is 0.765. The van der Waals surface area contributed by atoms with Crippen molar-refractivity contribution in [1.29, 1.82) is 0 Å². The molecule has 1 aromatic heterocycles. The molecule has 1 atom stereocenters. The van der Waals surface area contributed by atoms with Gasteiger partial charge < -0.3 is 5.32 Å². The fourth-order valence-electron chi connectivity index (χ4n) is 2.95. The first-order valence-corrected chi connectivity index (χ1v) is 8.69. The molecule has 0 fully saturated rings. The third-order valence-corrected chi connectivity index (χ3v) is 5.32. The van der Waals surface area contributed by atoms with E-state index in [0.29, 0.717) is 11.5 Å². The van der Waals surface area contributed by atoms with Gasteiger partial charge in [-0.3, -0.25) is 0 Å². The van der Waals surface area contributed by atoms with E-state index >= 15 is 0 Å². The van der Waals surface area contributed by atoms with Crippen LogP contribution in [0.5, 0.6) is 0 Å². The summed E-state index contributed by atoms with van der Waals surface area (Å²) in [6.07, 6.45) is 7.99. The lowest BCUT2D eigenvalue weighted by Crippen LogP contribution is -2.32. The maximum Gasteiger partial charge on any atom is 0.0464 e. The zero-order chi connectivity index (χ0) is 13.9. The summed E-state index contributed by atoms with van der Waals surface area (Å²) in [6.45, 7) is 10.4. The average molecular weight is 279 g/mol. The molecule has 1 nitrogen and oxygen atoms in total. The third-order valence-electron chi connectivity index (χ3n) is 4.01. The molecule has 0 aromatic carbocycles. The van der Waals surface area contributed by atoms with Crippen molar-refractivity contribution in [2.45, 2.75) is 72.3 Å². The number of nitrogens with one attached hydrogen (secondary N) is 1. The first-order valence-electron chi connectivity index (χ1n) is 7.87. The maximum atomic E-state index is 3.76. The minimum absolute atomic E-state index is 0.290. The van der Waals surface area contributed by atoms with Gasteiger partial charge in [-0.25, -0.2) is 0 Å². The molecule has 0 amide bonds. The summed E-state index contributed by atoms with van der Waals surface area (Å²) in [5.41, 5.74) is 1.93. The van der Waals surface area contributed by atoms with Crippen molar-refractivity contribution in [1.82, 2.24) is 5.32 Å². The van der Waals surface area contributed by atoms with Gasteiger partial charge >= 0.3 is 0 Å². The molecular weight excluding hydrogens is 250 g/mol. The molecule has 1 N–H and O–H groups in total. The molecule has 1 aliphatic carbocycles. The summed E-state index contributed by atoms with van der Waals surface area (Å²) < 4.78 is 0. The Bertz CT molecular complexity index is 376. The monoisotopic (exact) mass is 279 g/mol. The smallest absolute Gasteiger partial charge is 0.0464 e. The van der Waals surface area contributed by atoms with E-state index in [0.717, 1.165) is 6.54 Å². The molecule has 19 heavy (non-hydrogen) atoms. The molecule has 1 unspecified atom stereocenters. The number of fused-ring (bicyclic) bond motifs is 1. The maximum absolute atomic E-state index is 3.76. The van der Waals surface area contributed by atoms with Crippen molar-refractivity contribution < 1.29 is 0 Å². The van der Waals surface area contributed by atoms with Crippen molar-refractivity contribution in [3.8, 4) is 0 Å². The van der Waals surface area contributed by atoms with Crippen LogP contribution in [0.1, 0.15) is 74.7 Å². The van der Waals surface area contributed by atoms with Gasteiger partial charge in [-0.2, -0.15) is 0 Å². The van der Waals surface area contributed by atoms with Gasteiger partial charge in [0.05, 0.1) is 0 Å². The molecule has 0 bridgehead atoms. The summed E-state index contributed by atoms with van der Waals surface area (Å²) in [4.78, 5) is 3.23. The van der Waals surface area contributed by atoms with Crippen LogP contribution in [0.4, 0.5) is 0 Å². The molecule has 0 spiro atoms. The molecule has 0 radical (unpaired) electrons. The molecule has 2 heteroatoms. The zero-order valence-corrected chi connectivity index (χ0v) is 13.8. The minimum Gasteiger partial charge on any atom is -0.309 e. The van der Waals surface area contributed by atoms with Crippen LogP contribution in [0, 0.1) is 5.41 Å². The number of aryl methyl sites for hydroxylation is 2. The minimum atomic E-state index is 0.290. The molecule has 1 heterocycles. The molecule has 0 saturated carbocycles. The highest BCUT2D eigenvalue weighted by molar-refractivity contribution is 7.12. The van der Waals surface area contributed by atoms with Crippen molar-refractivity contribution in [3.63, 3.8) is 0 Å². The summed E-state index contributed by atoms with van der Waals surface area (Å²) in [5.74, 6) is 0. The van der Waals surface area contributed by atoms with Gasteiger partial charge in [-0.1, -0.05) is 34.1 Å². The Balaban J connectivity index is 2.22. The molecule has 1 aliphatic rings. The Hall–Kier alpha value is -0.340. The van der Waals surface area contributed by atoms with Gasteiger partial charge in [0, 0.05) is 15.8 Å². The third kappa shape index (κ3) is 3.82. The fourth-order valence-corrected chi connectivity index (χ4v) is 4.53. The van der Waals surface area contributed by atoms with Gasteiger partial charge in [0.2, 0.25) is 0 Å². The van der Waals surface area contributed by atoms with Crippen molar-refractivity contribution >= 4 is 11.3 Å². The highest BCUT2D eigenvalue weighted by Crippen LogP contribution is 2.39. The summed E-state index contributed by atoms with van der Waals surface area (Å²) >= 11 is 2.07. The quantitative estimate of drug-likeness (QED) is 0.756. The highest BCUT2D eigenvalue weighted by atomic mass is 32.1. The van der Waals surface area contributed by atoms with Crippen LogP contribution in [0.15, 0.2) is 6.07 Å². The van der Waals surface area contributed by atoms with E-state index in [-0.39, 0.29) is 0 Å². The van der Waals surface area contributed by atoms with E-state index in [9.17, 15) is 0 Å². The van der Waals surface area contributed by atoms with E-state index in [4.69, 9.17) is 0 Å². The Labute approximate surface area is 122 Å². The largest absolute Gasteiger partial charge is 0.309 e. The summed E-state index contributed by atoms with van der Waals surface area (Å²) in [6, 6.07) is 3.01. The van der Waals surface area contributed by atoms with Crippen LogP contribution >= 0.6 is 11.3 Å². The highest BCUT2D eigenvalue weighted by Gasteiger charge is 2.28. The van der Waals surface area contributed by atoms with Crippen molar-refractivity contribution in [3.05, 3.63) is 21.4 Å². The van der Waals surface area contributed by atoms with E-state index in [1.807, 2.05) is 0 Å². The summed E-state index contributed by atoms with van der Waals surface area (Å²) in [5, 5.41) is 3.76. The van der Waals surface area contributed by atoms with Crippen LogP contribution < -0.4 is 5.32 Å². The normalized spacial score (nSPS) is 17.9. The Kier molecular flexibility index (Phi) is 5.08. The van der Waals surface area contributed by atoms with E-state index in [1.54, 1.807) is 15.3 Å². The molecule has 108 valence electrons. The summed E-state index contributed by atoms with van der Waals surface area (Å²) in [7, 11) is 0. The Morgan fingerprint density at radius 1 is 1.21 bits per heavy atom. The van der Waals surface area contributed by atoms with Crippen LogP contribution in [0.2, 0.25) is 0 Å². The van der Waals surface area contributed by atoms with Gasteiger partial charge in [0.15, 0.2) is 0 Å². The predicted molar refractivity (Wildman–Crippen MR) is 86.1 cm³/mol. The van der Waals surface area contributed by atoms with Crippen LogP contribution in [0.3, 0.4) is 0 Å². The standard InChI is InChI=1S/C17H29NS/c1-5-11-18-16(17(2,3)4)15-12-13-9-7-6-8-10-14(13)19-15/h12,16,18H,5-11H2,1-4H3. The van der Waals surface area contributed by atoms with E-state index < -0.39 is 0 Å². The van der Waals surface area contributed by atoms with Gasteiger partial charge in [-0.15, -0.1) is 11.3 Å². The molecular formula is C17H29NS. The molecule has 0 aliphatic heterocycles. The van der Waals surface area contributed by atoms with Crippen molar-refractivity contribution in [2.24, 2.45) is 5.41 Å². The SMILES string of the molecule is CCCNC(c1cc2c(s1)CCCCC2)C(C)(C)C. The van der Waals surface area contributed by atoms with Crippen LogP contribution in [0.25, 0.3) is 0 Å². The molecule has 1 aromatic rings. The zero-order valence-electron chi connectivity index (χ0n) is 13.0. The lowest BCUT2D eigenvalue weighted by atomic mass is 9.85. The first kappa shape index (κ1) is 15.1. The Morgan fingerprint density at radius 2 is 1.95 bits per heavy atom. The van der Waals surface area contributed by atoms with Gasteiger partial charge in [-0.05, 0) is 55.7 Å². The number of hydrogen-bond acceptors (Lipinski definition) is 2. The number of hydrogen-bond donors (Lipinski definition) is 1. The lowest BCUT2D eigenvalue weighted by Gasteiger charge is -2.31. The van der Waals surface area contributed by atoms with Crippen LogP contribution in [-0.2, 0) is 12.8 Å². The lowest BCUT2D eigenvalue weighted by molar-refractivity contribution is 0.277.